The number of piperidine rings is 1. The molecule has 0 saturated carbocycles. The molecule has 0 bridgehead atoms. The smallest absolute Gasteiger partial charge is 0.251 e. The summed E-state index contributed by atoms with van der Waals surface area (Å²) in [7, 11) is 0. The molecule has 1 fully saturated rings. The van der Waals surface area contributed by atoms with Gasteiger partial charge in [0.15, 0.2) is 6.23 Å². The lowest BCUT2D eigenvalue weighted by atomic mass is 10.1. The summed E-state index contributed by atoms with van der Waals surface area (Å²) >= 11 is 5.99. The largest absolute Gasteiger partial charge is 0.351 e. The minimum atomic E-state index is -0.245. The maximum Gasteiger partial charge on any atom is 0.251 e. The minimum Gasteiger partial charge on any atom is -0.351 e. The standard InChI is InChI=1S/C26H31ClN2O2/c1-19-20(2)26(29(25(19)30)17-12-21-8-10-23(27)11-9-21)31-24-13-15-28(16-14-24)18-22-6-4-3-5-7-22/h3-11,24,26H,12-18H2,1-2H3/t26-/m0/s1. The van der Waals surface area contributed by atoms with E-state index in [0.717, 1.165) is 55.1 Å². The van der Waals surface area contributed by atoms with Gasteiger partial charge in [-0.2, -0.15) is 0 Å². The Morgan fingerprint density at radius 2 is 1.65 bits per heavy atom. The molecule has 2 heterocycles. The number of benzene rings is 2. The van der Waals surface area contributed by atoms with E-state index in [4.69, 9.17) is 16.3 Å². The van der Waals surface area contributed by atoms with Gasteiger partial charge in [-0.25, -0.2) is 0 Å². The van der Waals surface area contributed by atoms with E-state index in [1.54, 1.807) is 0 Å². The van der Waals surface area contributed by atoms with Crippen molar-refractivity contribution in [1.82, 2.24) is 9.80 Å². The second-order valence-corrected chi connectivity index (χ2v) is 9.07. The van der Waals surface area contributed by atoms with Crippen LogP contribution in [0.5, 0.6) is 0 Å². The summed E-state index contributed by atoms with van der Waals surface area (Å²) in [6, 6.07) is 18.5. The van der Waals surface area contributed by atoms with Gasteiger partial charge in [-0.15, -0.1) is 0 Å². The molecule has 4 nitrogen and oxygen atoms in total. The molecule has 0 radical (unpaired) electrons. The predicted molar refractivity (Wildman–Crippen MR) is 125 cm³/mol. The Kier molecular flexibility index (Phi) is 7.11. The Morgan fingerprint density at radius 1 is 0.968 bits per heavy atom. The van der Waals surface area contributed by atoms with Gasteiger partial charge in [0.1, 0.15) is 0 Å². The molecule has 0 aromatic heterocycles. The number of halogens is 1. The third kappa shape index (κ3) is 5.38. The molecule has 0 unspecified atom stereocenters. The topological polar surface area (TPSA) is 32.8 Å². The first-order chi connectivity index (χ1) is 15.0. The average molecular weight is 439 g/mol. The Hall–Kier alpha value is -2.14. The van der Waals surface area contributed by atoms with Crippen LogP contribution in [0.2, 0.25) is 5.02 Å². The van der Waals surface area contributed by atoms with Gasteiger partial charge in [0, 0.05) is 36.8 Å². The number of hydrogen-bond donors (Lipinski definition) is 0. The number of ether oxygens (including phenoxy) is 1. The quantitative estimate of drug-likeness (QED) is 0.605. The molecular formula is C26H31ClN2O2. The molecule has 0 aliphatic carbocycles. The summed E-state index contributed by atoms with van der Waals surface area (Å²) in [5.74, 6) is 0.0953. The van der Waals surface area contributed by atoms with E-state index in [9.17, 15) is 4.79 Å². The van der Waals surface area contributed by atoms with Crippen molar-refractivity contribution in [1.29, 1.82) is 0 Å². The predicted octanol–water partition coefficient (Wildman–Crippen LogP) is 5.07. The van der Waals surface area contributed by atoms with E-state index in [2.05, 4.69) is 35.2 Å². The van der Waals surface area contributed by atoms with Gasteiger partial charge in [-0.1, -0.05) is 54.1 Å². The lowest BCUT2D eigenvalue weighted by Crippen LogP contribution is -2.44. The maximum atomic E-state index is 12.9. The second kappa shape index (κ2) is 9.99. The highest BCUT2D eigenvalue weighted by Gasteiger charge is 2.37. The number of hydrogen-bond acceptors (Lipinski definition) is 3. The lowest BCUT2D eigenvalue weighted by Gasteiger charge is -2.36. The monoisotopic (exact) mass is 438 g/mol. The molecule has 2 aliphatic heterocycles. The number of likely N-dealkylation sites (tertiary alicyclic amines) is 1. The van der Waals surface area contributed by atoms with Crippen LogP contribution in [0.4, 0.5) is 0 Å². The van der Waals surface area contributed by atoms with Crippen molar-refractivity contribution in [2.45, 2.75) is 52.0 Å². The molecule has 2 aromatic rings. The van der Waals surface area contributed by atoms with Crippen LogP contribution in [-0.4, -0.2) is 47.7 Å². The molecule has 0 spiro atoms. The Morgan fingerprint density at radius 3 is 2.32 bits per heavy atom. The zero-order valence-electron chi connectivity index (χ0n) is 18.4. The van der Waals surface area contributed by atoms with Crippen molar-refractivity contribution < 1.29 is 9.53 Å². The minimum absolute atomic E-state index is 0.0953. The van der Waals surface area contributed by atoms with Crippen LogP contribution < -0.4 is 0 Å². The lowest BCUT2D eigenvalue weighted by molar-refractivity contribution is -0.141. The van der Waals surface area contributed by atoms with Gasteiger partial charge in [0.05, 0.1) is 6.10 Å². The van der Waals surface area contributed by atoms with Crippen molar-refractivity contribution in [3.05, 3.63) is 81.9 Å². The molecule has 164 valence electrons. The van der Waals surface area contributed by atoms with Gasteiger partial charge in [-0.3, -0.25) is 9.69 Å². The van der Waals surface area contributed by atoms with Crippen LogP contribution >= 0.6 is 11.6 Å². The van der Waals surface area contributed by atoms with E-state index in [1.807, 2.05) is 43.0 Å². The summed E-state index contributed by atoms with van der Waals surface area (Å²) in [5.41, 5.74) is 4.40. The first-order valence-electron chi connectivity index (χ1n) is 11.2. The summed E-state index contributed by atoms with van der Waals surface area (Å²) in [4.78, 5) is 17.2. The fourth-order valence-corrected chi connectivity index (χ4v) is 4.56. The van der Waals surface area contributed by atoms with Gasteiger partial charge in [0.2, 0.25) is 0 Å². The fourth-order valence-electron chi connectivity index (χ4n) is 4.43. The average Bonchev–Trinajstić information content (AvgIpc) is 2.99. The van der Waals surface area contributed by atoms with Crippen molar-refractivity contribution >= 4 is 17.5 Å². The maximum absolute atomic E-state index is 12.9. The molecule has 2 aromatic carbocycles. The van der Waals surface area contributed by atoms with Crippen LogP contribution in [0.1, 0.15) is 37.8 Å². The Bertz CT molecular complexity index is 918. The normalized spacial score (nSPS) is 20.7. The van der Waals surface area contributed by atoms with Crippen molar-refractivity contribution in [2.24, 2.45) is 0 Å². The second-order valence-electron chi connectivity index (χ2n) is 8.63. The number of carbonyl (C=O) groups is 1. The number of rotatable bonds is 7. The van der Waals surface area contributed by atoms with Gasteiger partial charge in [-0.05, 0) is 61.9 Å². The number of carbonyl (C=O) groups excluding carboxylic acids is 1. The molecule has 2 aliphatic rings. The van der Waals surface area contributed by atoms with Crippen LogP contribution in [0, 0.1) is 0 Å². The van der Waals surface area contributed by atoms with E-state index < -0.39 is 0 Å². The Balaban J connectivity index is 1.33. The highest BCUT2D eigenvalue weighted by molar-refractivity contribution is 6.30. The van der Waals surface area contributed by atoms with Crippen LogP contribution in [0.15, 0.2) is 65.7 Å². The van der Waals surface area contributed by atoms with Crippen LogP contribution in [-0.2, 0) is 22.5 Å². The number of nitrogens with zero attached hydrogens (tertiary/aromatic N) is 2. The summed E-state index contributed by atoms with van der Waals surface area (Å²) < 4.78 is 6.52. The van der Waals surface area contributed by atoms with E-state index in [0.29, 0.717) is 6.54 Å². The van der Waals surface area contributed by atoms with Crippen LogP contribution in [0.3, 0.4) is 0 Å². The SMILES string of the molecule is CC1=C(C)[C@H](OC2CCN(Cc3ccccc3)CC2)N(CCc2ccc(Cl)cc2)C1=O. The highest BCUT2D eigenvalue weighted by Crippen LogP contribution is 2.30. The molecule has 0 N–H and O–H groups in total. The zero-order valence-corrected chi connectivity index (χ0v) is 19.1. The highest BCUT2D eigenvalue weighted by atomic mass is 35.5. The third-order valence-corrected chi connectivity index (χ3v) is 6.74. The summed E-state index contributed by atoms with van der Waals surface area (Å²) in [6.07, 6.45) is 2.72. The first-order valence-corrected chi connectivity index (χ1v) is 11.5. The van der Waals surface area contributed by atoms with Crippen molar-refractivity contribution in [3.63, 3.8) is 0 Å². The summed E-state index contributed by atoms with van der Waals surface area (Å²) in [6.45, 7) is 7.62. The Labute approximate surface area is 190 Å². The molecule has 4 rings (SSSR count). The van der Waals surface area contributed by atoms with E-state index in [1.165, 1.54) is 11.1 Å². The summed E-state index contributed by atoms with van der Waals surface area (Å²) in [5, 5.41) is 0.731. The molecule has 31 heavy (non-hydrogen) atoms. The van der Waals surface area contributed by atoms with Gasteiger partial charge < -0.3 is 9.64 Å². The zero-order chi connectivity index (χ0) is 21.8. The van der Waals surface area contributed by atoms with E-state index in [-0.39, 0.29) is 18.2 Å². The number of amides is 1. The molecule has 5 heteroatoms. The van der Waals surface area contributed by atoms with Crippen molar-refractivity contribution in [3.8, 4) is 0 Å². The molecule has 1 saturated heterocycles. The first kappa shape index (κ1) is 22.1. The molecule has 1 atom stereocenters. The fraction of sp³-hybridized carbons (Fsp3) is 0.423. The molecule has 1 amide bonds. The van der Waals surface area contributed by atoms with Gasteiger partial charge >= 0.3 is 0 Å². The third-order valence-electron chi connectivity index (χ3n) is 6.49. The molecular weight excluding hydrogens is 408 g/mol. The van der Waals surface area contributed by atoms with Gasteiger partial charge in [0.25, 0.3) is 5.91 Å². The van der Waals surface area contributed by atoms with Crippen LogP contribution in [0.25, 0.3) is 0 Å². The van der Waals surface area contributed by atoms with E-state index >= 15 is 0 Å². The van der Waals surface area contributed by atoms with Crippen molar-refractivity contribution in [2.75, 3.05) is 19.6 Å².